The third-order valence-corrected chi connectivity index (χ3v) is 14.3. The molecule has 0 aliphatic carbocycles. The summed E-state index contributed by atoms with van der Waals surface area (Å²) in [6.45, 7) is 0. The lowest BCUT2D eigenvalue weighted by molar-refractivity contribution is -0.115. The molecule has 14 heteroatoms. The maximum absolute atomic E-state index is 13.4. The van der Waals surface area contributed by atoms with Gasteiger partial charge in [0.25, 0.3) is 0 Å². The molecular weight excluding hydrogens is 763 g/mol. The predicted octanol–water partition coefficient (Wildman–Crippen LogP) is 7.19. The molecule has 0 unspecified atom stereocenters. The zero-order chi connectivity index (χ0) is 38.3. The van der Waals surface area contributed by atoms with E-state index in [1.165, 1.54) is 0 Å². The molecule has 0 atom stereocenters. The van der Waals surface area contributed by atoms with Gasteiger partial charge in [0.15, 0.2) is 0 Å². The van der Waals surface area contributed by atoms with Crippen molar-refractivity contribution in [3.05, 3.63) is 158 Å². The van der Waals surface area contributed by atoms with Gasteiger partial charge in [0.1, 0.15) is 11.5 Å². The molecule has 0 aliphatic rings. The highest BCUT2D eigenvalue weighted by Gasteiger charge is 2.31. The Morgan fingerprint density at radius 3 is 0.944 bits per heavy atom. The van der Waals surface area contributed by atoms with Crippen molar-refractivity contribution in [3.63, 3.8) is 0 Å². The normalized spacial score (nSPS) is 12.4. The summed E-state index contributed by atoms with van der Waals surface area (Å²) in [5.41, 5.74) is 1.57. The van der Waals surface area contributed by atoms with E-state index in [2.05, 4.69) is 10.6 Å². The van der Waals surface area contributed by atoms with Crippen LogP contribution in [-0.4, -0.2) is 50.6 Å². The van der Waals surface area contributed by atoms with E-state index in [-0.39, 0.29) is 11.4 Å². The van der Waals surface area contributed by atoms with Crippen LogP contribution in [0.4, 0.5) is 11.4 Å². The average Bonchev–Trinajstić information content (AvgIpc) is 3.13. The van der Waals surface area contributed by atoms with Gasteiger partial charge in [-0.2, -0.15) is 0 Å². The summed E-state index contributed by atoms with van der Waals surface area (Å²) >= 11 is 0. The molecule has 6 rings (SSSR count). The van der Waals surface area contributed by atoms with Gasteiger partial charge in [-0.3, -0.25) is 9.59 Å². The second-order valence-corrected chi connectivity index (χ2v) is 19.5. The Labute approximate surface area is 319 Å². The molecule has 0 aliphatic heterocycles. The number of carbonyl (C=O) groups excluding carboxylic acids is 2. The van der Waals surface area contributed by atoms with E-state index in [1.807, 2.05) is 133 Å². The molecule has 0 heterocycles. The zero-order valence-corrected chi connectivity index (χ0v) is 32.1. The number of hydrogen-bond donors (Lipinski definition) is 8. The van der Waals surface area contributed by atoms with Gasteiger partial charge < -0.3 is 38.0 Å². The van der Waals surface area contributed by atoms with Crippen molar-refractivity contribution in [2.75, 3.05) is 22.1 Å². The third kappa shape index (κ3) is 10.0. The molecule has 6 aromatic carbocycles. The fourth-order valence-electron chi connectivity index (χ4n) is 6.07. The molecule has 0 radical (unpaired) electrons. The highest BCUT2D eigenvalue weighted by atomic mass is 32.3. The summed E-state index contributed by atoms with van der Waals surface area (Å²) in [5.74, 6) is -3.65. The van der Waals surface area contributed by atoms with Crippen LogP contribution in [0.2, 0.25) is 0 Å². The third-order valence-electron chi connectivity index (χ3n) is 8.07. The number of rotatable bonds is 13. The van der Waals surface area contributed by atoms with E-state index in [4.69, 9.17) is 0 Å². The fraction of sp³-hybridized carbons (Fsp3) is 0.0500. The molecule has 0 spiro atoms. The van der Waals surface area contributed by atoms with Crippen molar-refractivity contribution in [1.82, 2.24) is 0 Å². The SMILES string of the molecule is O=C(CS(O)(O)O)Nc1cccc(P(c2ccccc2)c2ccccc2)c1-c1c(NC(=O)CS(O)(O)O)cccc1P(c1ccccc1)c1ccccc1. The van der Waals surface area contributed by atoms with Gasteiger partial charge in [-0.1, -0.05) is 146 Å². The Kier molecular flexibility index (Phi) is 12.6. The Balaban J connectivity index is 1.72. The number of benzene rings is 6. The molecule has 0 bridgehead atoms. The summed E-state index contributed by atoms with van der Waals surface area (Å²) in [5, 5.41) is 11.1. The average molecular weight is 801 g/mol. The smallest absolute Gasteiger partial charge is 0.239 e. The van der Waals surface area contributed by atoms with Crippen molar-refractivity contribution in [1.29, 1.82) is 0 Å². The maximum atomic E-state index is 13.4. The first-order valence-corrected chi connectivity index (χ1v) is 22.5. The Bertz CT molecular complexity index is 1970. The van der Waals surface area contributed by atoms with Crippen molar-refractivity contribution in [2.45, 2.75) is 0 Å². The van der Waals surface area contributed by atoms with Crippen molar-refractivity contribution in [2.24, 2.45) is 0 Å². The topological polar surface area (TPSA) is 180 Å². The standard InChI is InChI=1S/C40H38N2O8P2S2/c43-37(27-53(45,46)47)41-33-23-13-25-35(51(29-15-5-1-6-16-29)30-17-7-2-8-18-30)39(33)40-34(42-38(44)28-54(48,49)50)24-14-26-36(40)52(31-19-9-3-10-20-31)32-21-11-4-12-22-32/h1-26,45-50H,27-28H2,(H,41,43)(H,42,44). The monoisotopic (exact) mass is 800 g/mol. The lowest BCUT2D eigenvalue weighted by Gasteiger charge is -2.30. The van der Waals surface area contributed by atoms with Gasteiger partial charge >= 0.3 is 0 Å². The van der Waals surface area contributed by atoms with Gasteiger partial charge in [-0.25, -0.2) is 0 Å². The van der Waals surface area contributed by atoms with Crippen LogP contribution in [0.25, 0.3) is 11.1 Å². The molecule has 8 N–H and O–H groups in total. The second kappa shape index (κ2) is 17.4. The van der Waals surface area contributed by atoms with Crippen molar-refractivity contribution < 1.29 is 36.9 Å². The van der Waals surface area contributed by atoms with Crippen molar-refractivity contribution >= 4 is 92.6 Å². The van der Waals surface area contributed by atoms with Gasteiger partial charge in [-0.15, -0.1) is 0 Å². The van der Waals surface area contributed by atoms with E-state index in [0.717, 1.165) is 31.8 Å². The number of carbonyl (C=O) groups is 2. The Hall–Kier alpha value is -4.42. The van der Waals surface area contributed by atoms with E-state index in [1.54, 1.807) is 24.3 Å². The number of nitrogens with one attached hydrogen (secondary N) is 2. The first-order chi connectivity index (χ1) is 25.9. The van der Waals surface area contributed by atoms with Crippen LogP contribution in [0, 0.1) is 0 Å². The van der Waals surface area contributed by atoms with Crippen LogP contribution in [0.1, 0.15) is 0 Å². The van der Waals surface area contributed by atoms with Crippen LogP contribution in [-0.2, 0) is 9.59 Å². The quantitative estimate of drug-likeness (QED) is 0.0566. The summed E-state index contributed by atoms with van der Waals surface area (Å²) in [6.07, 6.45) is 0. The van der Waals surface area contributed by atoms with Gasteiger partial charge in [-0.05, 0) is 59.8 Å². The molecule has 0 saturated carbocycles. The second-order valence-electron chi connectivity index (χ2n) is 12.1. The van der Waals surface area contributed by atoms with Gasteiger partial charge in [0.05, 0.1) is 21.7 Å². The first kappa shape index (κ1) is 39.3. The fourth-order valence-corrected chi connectivity index (χ4v) is 11.9. The van der Waals surface area contributed by atoms with Gasteiger partial charge in [0, 0.05) is 22.5 Å². The van der Waals surface area contributed by atoms with Gasteiger partial charge in [0.2, 0.25) is 11.8 Å². The molecule has 0 saturated heterocycles. The highest BCUT2D eigenvalue weighted by Crippen LogP contribution is 2.46. The molecule has 0 fully saturated rings. The number of amides is 2. The van der Waals surface area contributed by atoms with Crippen molar-refractivity contribution in [3.8, 4) is 11.1 Å². The molecule has 278 valence electrons. The Morgan fingerprint density at radius 2 is 0.685 bits per heavy atom. The summed E-state index contributed by atoms with van der Waals surface area (Å²) in [7, 11) is -11.1. The zero-order valence-electron chi connectivity index (χ0n) is 28.6. The minimum atomic E-state index is -4.20. The molecular formula is C40H38N2O8P2S2. The molecule has 10 nitrogen and oxygen atoms in total. The summed E-state index contributed by atoms with van der Waals surface area (Å²) < 4.78 is 59.0. The minimum absolute atomic E-state index is 0.269. The first-order valence-electron chi connectivity index (χ1n) is 16.5. The minimum Gasteiger partial charge on any atom is -0.325 e. The van der Waals surface area contributed by atoms with Crippen LogP contribution in [0.15, 0.2) is 158 Å². The van der Waals surface area contributed by atoms with Crippen LogP contribution in [0.5, 0.6) is 0 Å². The largest absolute Gasteiger partial charge is 0.325 e. The lowest BCUT2D eigenvalue weighted by atomic mass is 10.0. The molecule has 54 heavy (non-hydrogen) atoms. The van der Waals surface area contributed by atoms with Crippen LogP contribution < -0.4 is 42.5 Å². The summed E-state index contributed by atoms with van der Waals surface area (Å²) in [6, 6.07) is 50.3. The number of hydrogen-bond acceptors (Lipinski definition) is 8. The van der Waals surface area contributed by atoms with E-state index < -0.39 is 60.9 Å². The van der Waals surface area contributed by atoms with Crippen LogP contribution >= 0.6 is 37.6 Å². The molecule has 6 aromatic rings. The lowest BCUT2D eigenvalue weighted by Crippen LogP contribution is -2.29. The van der Waals surface area contributed by atoms with E-state index in [0.29, 0.717) is 11.1 Å². The van der Waals surface area contributed by atoms with Crippen LogP contribution in [0.3, 0.4) is 0 Å². The number of anilines is 2. The van der Waals surface area contributed by atoms with E-state index in [9.17, 15) is 36.9 Å². The predicted molar refractivity (Wildman–Crippen MR) is 227 cm³/mol. The summed E-state index contributed by atoms with van der Waals surface area (Å²) in [4.78, 5) is 26.8. The Morgan fingerprint density at radius 1 is 0.407 bits per heavy atom. The maximum Gasteiger partial charge on any atom is 0.239 e. The molecule has 2 amide bonds. The highest BCUT2D eigenvalue weighted by molar-refractivity contribution is 8.20. The molecule has 0 aromatic heterocycles. The van der Waals surface area contributed by atoms with E-state index >= 15 is 0 Å².